The van der Waals surface area contributed by atoms with Crippen molar-refractivity contribution in [2.75, 3.05) is 0 Å². The van der Waals surface area contributed by atoms with Gasteiger partial charge in [0, 0.05) is 22.8 Å². The van der Waals surface area contributed by atoms with Gasteiger partial charge in [-0.3, -0.25) is 0 Å². The van der Waals surface area contributed by atoms with Crippen LogP contribution in [-0.2, 0) is 10.3 Å². The molecule has 1 atom stereocenters. The van der Waals surface area contributed by atoms with Crippen LogP contribution in [0.5, 0.6) is 5.75 Å². The number of carbonyl (C=O) groups is 1. The molecule has 0 amide bonds. The molecule has 1 aliphatic heterocycles. The lowest BCUT2D eigenvalue weighted by atomic mass is 9.79. The fourth-order valence-electron chi connectivity index (χ4n) is 3.26. The molecule has 1 unspecified atom stereocenters. The molecule has 0 radical (unpaired) electrons. The summed E-state index contributed by atoms with van der Waals surface area (Å²) in [5.74, 6) is -1.29. The maximum atomic E-state index is 13.5. The molecule has 4 heteroatoms. The molecule has 3 aromatic rings. The van der Waals surface area contributed by atoms with Gasteiger partial charge in [0.2, 0.25) is 0 Å². The maximum Gasteiger partial charge on any atom is 0.340 e. The molecule has 0 aliphatic carbocycles. The van der Waals surface area contributed by atoms with Crippen molar-refractivity contribution in [2.45, 2.75) is 5.60 Å². The van der Waals surface area contributed by atoms with Gasteiger partial charge in [-0.2, -0.15) is 0 Å². The van der Waals surface area contributed by atoms with Gasteiger partial charge in [0.1, 0.15) is 11.6 Å². The van der Waals surface area contributed by atoms with E-state index in [2.05, 4.69) is 0 Å². The molecule has 0 fully saturated rings. The van der Waals surface area contributed by atoms with E-state index in [0.717, 1.165) is 6.07 Å². The Bertz CT molecular complexity index is 937. The Hall–Kier alpha value is -3.14. The normalized spacial score (nSPS) is 19.0. The number of cyclic esters (lactones) is 1. The summed E-state index contributed by atoms with van der Waals surface area (Å²) in [4.78, 5) is 12.4. The Labute approximate surface area is 138 Å². The summed E-state index contributed by atoms with van der Waals surface area (Å²) < 4.78 is 19.3. The van der Waals surface area contributed by atoms with Crippen LogP contribution >= 0.6 is 0 Å². The fourth-order valence-corrected chi connectivity index (χ4v) is 3.26. The second kappa shape index (κ2) is 5.20. The largest absolute Gasteiger partial charge is 0.507 e. The molecular weight excluding hydrogens is 307 g/mol. The minimum atomic E-state index is -1.30. The molecule has 0 saturated carbocycles. The van der Waals surface area contributed by atoms with Crippen molar-refractivity contribution in [2.24, 2.45) is 0 Å². The molecule has 0 saturated heterocycles. The second-order valence-electron chi connectivity index (χ2n) is 5.64. The number of ether oxygens (including phenoxy) is 1. The number of esters is 1. The van der Waals surface area contributed by atoms with E-state index in [4.69, 9.17) is 4.74 Å². The Morgan fingerprint density at radius 3 is 2.33 bits per heavy atom. The lowest BCUT2D eigenvalue weighted by Gasteiger charge is -2.30. The van der Waals surface area contributed by atoms with E-state index < -0.39 is 17.4 Å². The SMILES string of the molecule is O=C1OC(c2ccccc2)(c2ccc(F)cc2O)c2ccccc21. The number of phenolic OH excluding ortho intramolecular Hbond substituents is 1. The first-order valence-electron chi connectivity index (χ1n) is 7.50. The maximum absolute atomic E-state index is 13.5. The first-order chi connectivity index (χ1) is 11.6. The second-order valence-corrected chi connectivity index (χ2v) is 5.64. The van der Waals surface area contributed by atoms with Crippen molar-refractivity contribution in [1.82, 2.24) is 0 Å². The summed E-state index contributed by atoms with van der Waals surface area (Å²) in [5.41, 5.74) is 0.777. The van der Waals surface area contributed by atoms with Gasteiger partial charge in [0.25, 0.3) is 0 Å². The van der Waals surface area contributed by atoms with Gasteiger partial charge in [-0.1, -0.05) is 48.5 Å². The first-order valence-corrected chi connectivity index (χ1v) is 7.50. The van der Waals surface area contributed by atoms with Crippen LogP contribution in [0.1, 0.15) is 27.0 Å². The van der Waals surface area contributed by atoms with Crippen LogP contribution in [0, 0.1) is 5.82 Å². The number of hydrogen-bond donors (Lipinski definition) is 1. The highest BCUT2D eigenvalue weighted by molar-refractivity contribution is 5.96. The summed E-state index contributed by atoms with van der Waals surface area (Å²) in [7, 11) is 0. The van der Waals surface area contributed by atoms with Crippen molar-refractivity contribution in [3.8, 4) is 5.75 Å². The van der Waals surface area contributed by atoms with Crippen molar-refractivity contribution in [3.63, 3.8) is 0 Å². The number of benzene rings is 3. The van der Waals surface area contributed by atoms with Gasteiger partial charge in [-0.05, 0) is 18.2 Å². The van der Waals surface area contributed by atoms with Crippen LogP contribution in [0.3, 0.4) is 0 Å². The summed E-state index contributed by atoms with van der Waals surface area (Å²) in [6.45, 7) is 0. The zero-order chi connectivity index (χ0) is 16.7. The van der Waals surface area contributed by atoms with E-state index in [1.54, 1.807) is 24.3 Å². The average Bonchev–Trinajstić information content (AvgIpc) is 2.90. The van der Waals surface area contributed by atoms with Gasteiger partial charge in [-0.15, -0.1) is 0 Å². The molecular formula is C20H13FO3. The molecule has 24 heavy (non-hydrogen) atoms. The van der Waals surface area contributed by atoms with Crippen LogP contribution in [-0.4, -0.2) is 11.1 Å². The van der Waals surface area contributed by atoms with Gasteiger partial charge >= 0.3 is 5.97 Å². The lowest BCUT2D eigenvalue weighted by Crippen LogP contribution is -2.29. The summed E-state index contributed by atoms with van der Waals surface area (Å²) in [6.07, 6.45) is 0. The summed E-state index contributed by atoms with van der Waals surface area (Å²) >= 11 is 0. The van der Waals surface area contributed by atoms with Gasteiger partial charge < -0.3 is 9.84 Å². The van der Waals surface area contributed by atoms with Crippen LogP contribution in [0.2, 0.25) is 0 Å². The summed E-state index contributed by atoms with van der Waals surface area (Å²) in [5, 5.41) is 10.4. The molecule has 3 nitrogen and oxygen atoms in total. The van der Waals surface area contributed by atoms with Crippen molar-refractivity contribution in [1.29, 1.82) is 0 Å². The van der Waals surface area contributed by atoms with Crippen LogP contribution in [0.15, 0.2) is 72.8 Å². The van der Waals surface area contributed by atoms with Crippen molar-refractivity contribution in [3.05, 3.63) is 101 Å². The van der Waals surface area contributed by atoms with Crippen LogP contribution in [0.25, 0.3) is 0 Å². The molecule has 1 aliphatic rings. The molecule has 0 bridgehead atoms. The smallest absolute Gasteiger partial charge is 0.340 e. The standard InChI is InChI=1S/C20H13FO3/c21-14-10-11-17(18(22)12-14)20(13-6-2-1-3-7-13)16-9-5-4-8-15(16)19(23)24-20/h1-12,22H. The van der Waals surface area contributed by atoms with E-state index in [1.807, 2.05) is 30.3 Å². The number of aromatic hydroxyl groups is 1. The number of carbonyl (C=O) groups excluding carboxylic acids is 1. The van der Waals surface area contributed by atoms with Gasteiger partial charge in [0.05, 0.1) is 5.56 Å². The molecule has 0 spiro atoms. The predicted molar refractivity (Wildman–Crippen MR) is 86.2 cm³/mol. The minimum absolute atomic E-state index is 0.261. The minimum Gasteiger partial charge on any atom is -0.507 e. The number of fused-ring (bicyclic) bond motifs is 1. The predicted octanol–water partition coefficient (Wildman–Crippen LogP) is 3.99. The Morgan fingerprint density at radius 2 is 1.58 bits per heavy atom. The van der Waals surface area contributed by atoms with Gasteiger partial charge in [0.15, 0.2) is 5.60 Å². The molecule has 0 aromatic heterocycles. The molecule has 1 heterocycles. The van der Waals surface area contributed by atoms with Crippen molar-refractivity contribution < 1.29 is 19.0 Å². The van der Waals surface area contributed by atoms with E-state index in [-0.39, 0.29) is 5.75 Å². The highest BCUT2D eigenvalue weighted by atomic mass is 19.1. The molecule has 118 valence electrons. The monoisotopic (exact) mass is 320 g/mol. The zero-order valence-electron chi connectivity index (χ0n) is 12.6. The molecule has 4 rings (SSSR count). The quantitative estimate of drug-likeness (QED) is 0.726. The highest BCUT2D eigenvalue weighted by Gasteiger charge is 2.49. The van der Waals surface area contributed by atoms with Crippen molar-refractivity contribution >= 4 is 5.97 Å². The van der Waals surface area contributed by atoms with Crippen LogP contribution in [0.4, 0.5) is 4.39 Å². The fraction of sp³-hybridized carbons (Fsp3) is 0.0500. The number of rotatable bonds is 2. The van der Waals surface area contributed by atoms with Gasteiger partial charge in [-0.25, -0.2) is 9.18 Å². The number of hydrogen-bond acceptors (Lipinski definition) is 3. The Morgan fingerprint density at radius 1 is 0.875 bits per heavy atom. The topological polar surface area (TPSA) is 46.5 Å². The van der Waals surface area contributed by atoms with E-state index in [9.17, 15) is 14.3 Å². The first kappa shape index (κ1) is 14.5. The molecule has 3 aromatic carbocycles. The number of halogens is 1. The Kier molecular flexibility index (Phi) is 3.13. The average molecular weight is 320 g/mol. The third-order valence-corrected chi connectivity index (χ3v) is 4.29. The third-order valence-electron chi connectivity index (χ3n) is 4.29. The number of phenols is 1. The third kappa shape index (κ3) is 1.93. The lowest BCUT2D eigenvalue weighted by molar-refractivity contribution is 0.0245. The van der Waals surface area contributed by atoms with E-state index >= 15 is 0 Å². The Balaban J connectivity index is 2.08. The van der Waals surface area contributed by atoms with E-state index in [0.29, 0.717) is 22.3 Å². The zero-order valence-corrected chi connectivity index (χ0v) is 12.6. The summed E-state index contributed by atoms with van der Waals surface area (Å²) in [6, 6.07) is 19.9. The van der Waals surface area contributed by atoms with E-state index in [1.165, 1.54) is 12.1 Å². The molecule has 1 N–H and O–H groups in total. The van der Waals surface area contributed by atoms with Crippen LogP contribution < -0.4 is 0 Å². The highest BCUT2D eigenvalue weighted by Crippen LogP contribution is 2.49.